The van der Waals surface area contributed by atoms with Crippen LogP contribution in [0.15, 0.2) is 6.20 Å². The van der Waals surface area contributed by atoms with Crippen molar-refractivity contribution in [2.75, 3.05) is 0 Å². The molecule has 3 heteroatoms. The lowest BCUT2D eigenvalue weighted by Crippen LogP contribution is -2.01. The summed E-state index contributed by atoms with van der Waals surface area (Å²) < 4.78 is 0. The fourth-order valence-electron chi connectivity index (χ4n) is 1.41. The van der Waals surface area contributed by atoms with E-state index in [4.69, 9.17) is 0 Å². The second kappa shape index (κ2) is 3.74. The molecule has 1 saturated carbocycles. The average Bonchev–Trinajstić information content (AvgIpc) is 3.00. The van der Waals surface area contributed by atoms with Crippen molar-refractivity contribution in [3.63, 3.8) is 0 Å². The number of hydrogen-bond donors (Lipinski definition) is 0. The van der Waals surface area contributed by atoms with Crippen molar-refractivity contribution in [1.29, 1.82) is 0 Å². The Morgan fingerprint density at radius 3 is 2.85 bits per heavy atom. The summed E-state index contributed by atoms with van der Waals surface area (Å²) in [6.45, 7) is 2.14. The standard InChI is InChI=1S/C10H13BrN2/c1-2-9-8(5-11)6-12-10(13-9)7-3-4-7/h6-7H,2-5H2,1H3. The van der Waals surface area contributed by atoms with Gasteiger partial charge in [0.2, 0.25) is 0 Å². The highest BCUT2D eigenvalue weighted by Gasteiger charge is 2.26. The summed E-state index contributed by atoms with van der Waals surface area (Å²) in [5.74, 6) is 1.72. The summed E-state index contributed by atoms with van der Waals surface area (Å²) >= 11 is 3.45. The first-order chi connectivity index (χ1) is 6.35. The molecule has 0 aliphatic heterocycles. The predicted molar refractivity (Wildman–Crippen MR) is 56.0 cm³/mol. The molecule has 0 spiro atoms. The zero-order chi connectivity index (χ0) is 9.26. The van der Waals surface area contributed by atoms with E-state index >= 15 is 0 Å². The van der Waals surface area contributed by atoms with Gasteiger partial charge in [-0.15, -0.1) is 0 Å². The van der Waals surface area contributed by atoms with Crippen LogP contribution in [0.4, 0.5) is 0 Å². The second-order valence-electron chi connectivity index (χ2n) is 3.46. The van der Waals surface area contributed by atoms with Crippen LogP contribution in [-0.2, 0) is 11.8 Å². The SMILES string of the molecule is CCc1nc(C2CC2)ncc1CBr. The van der Waals surface area contributed by atoms with Gasteiger partial charge < -0.3 is 0 Å². The lowest BCUT2D eigenvalue weighted by molar-refractivity contribution is 0.862. The molecular weight excluding hydrogens is 228 g/mol. The van der Waals surface area contributed by atoms with Gasteiger partial charge in [0.25, 0.3) is 0 Å². The Balaban J connectivity index is 2.31. The van der Waals surface area contributed by atoms with Crippen LogP contribution in [0, 0.1) is 0 Å². The minimum Gasteiger partial charge on any atom is -0.241 e. The third kappa shape index (κ3) is 1.90. The number of nitrogens with zero attached hydrogens (tertiary/aromatic N) is 2. The molecule has 70 valence electrons. The van der Waals surface area contributed by atoms with Gasteiger partial charge in [-0.1, -0.05) is 22.9 Å². The van der Waals surface area contributed by atoms with E-state index in [-0.39, 0.29) is 0 Å². The molecule has 13 heavy (non-hydrogen) atoms. The molecule has 2 rings (SSSR count). The molecule has 0 unspecified atom stereocenters. The molecule has 0 amide bonds. The Bertz CT molecular complexity index is 308. The van der Waals surface area contributed by atoms with E-state index in [1.54, 1.807) is 0 Å². The molecule has 0 radical (unpaired) electrons. The summed E-state index contributed by atoms with van der Waals surface area (Å²) in [4.78, 5) is 8.96. The van der Waals surface area contributed by atoms with E-state index < -0.39 is 0 Å². The van der Waals surface area contributed by atoms with Crippen molar-refractivity contribution in [1.82, 2.24) is 9.97 Å². The number of alkyl halides is 1. The molecule has 0 bridgehead atoms. The van der Waals surface area contributed by atoms with Crippen molar-refractivity contribution in [3.05, 3.63) is 23.3 Å². The lowest BCUT2D eigenvalue weighted by Gasteiger charge is -2.05. The molecule has 2 nitrogen and oxygen atoms in total. The molecule has 1 aromatic rings. The third-order valence-electron chi connectivity index (χ3n) is 2.39. The van der Waals surface area contributed by atoms with Crippen LogP contribution in [0.5, 0.6) is 0 Å². The smallest absolute Gasteiger partial charge is 0.131 e. The van der Waals surface area contributed by atoms with Gasteiger partial charge in [0.05, 0.1) is 0 Å². The van der Waals surface area contributed by atoms with Crippen LogP contribution in [0.2, 0.25) is 0 Å². The molecule has 1 aliphatic rings. The Kier molecular flexibility index (Phi) is 2.63. The van der Waals surface area contributed by atoms with Crippen molar-refractivity contribution >= 4 is 15.9 Å². The molecule has 1 heterocycles. The largest absolute Gasteiger partial charge is 0.241 e. The molecule has 0 atom stereocenters. The van der Waals surface area contributed by atoms with E-state index in [2.05, 4.69) is 32.8 Å². The van der Waals surface area contributed by atoms with Crippen molar-refractivity contribution in [2.24, 2.45) is 0 Å². The van der Waals surface area contributed by atoms with Gasteiger partial charge >= 0.3 is 0 Å². The van der Waals surface area contributed by atoms with Gasteiger partial charge in [-0.2, -0.15) is 0 Å². The van der Waals surface area contributed by atoms with Gasteiger partial charge in [-0.25, -0.2) is 9.97 Å². The van der Waals surface area contributed by atoms with E-state index in [0.29, 0.717) is 5.92 Å². The van der Waals surface area contributed by atoms with Crippen LogP contribution in [0.1, 0.15) is 42.8 Å². The van der Waals surface area contributed by atoms with Gasteiger partial charge in [0.15, 0.2) is 0 Å². The summed E-state index contributed by atoms with van der Waals surface area (Å²) in [6, 6.07) is 0. The molecule has 0 saturated heterocycles. The molecule has 0 aromatic carbocycles. The summed E-state index contributed by atoms with van der Waals surface area (Å²) in [7, 11) is 0. The maximum atomic E-state index is 4.58. The fourth-order valence-corrected chi connectivity index (χ4v) is 1.88. The highest BCUT2D eigenvalue weighted by atomic mass is 79.9. The second-order valence-corrected chi connectivity index (χ2v) is 4.02. The van der Waals surface area contributed by atoms with Gasteiger partial charge in [0.1, 0.15) is 5.82 Å². The quantitative estimate of drug-likeness (QED) is 0.760. The highest BCUT2D eigenvalue weighted by molar-refractivity contribution is 9.08. The first-order valence-electron chi connectivity index (χ1n) is 4.75. The number of halogens is 1. The number of aromatic nitrogens is 2. The van der Waals surface area contributed by atoms with E-state index in [9.17, 15) is 0 Å². The van der Waals surface area contributed by atoms with E-state index in [0.717, 1.165) is 17.6 Å². The first kappa shape index (κ1) is 9.13. The van der Waals surface area contributed by atoms with Gasteiger partial charge in [-0.05, 0) is 19.3 Å². The average molecular weight is 241 g/mol. The summed E-state index contributed by atoms with van der Waals surface area (Å²) in [5, 5.41) is 0.862. The Morgan fingerprint density at radius 2 is 2.31 bits per heavy atom. The fraction of sp³-hybridized carbons (Fsp3) is 0.600. The van der Waals surface area contributed by atoms with Gasteiger partial charge in [-0.3, -0.25) is 0 Å². The van der Waals surface area contributed by atoms with Crippen LogP contribution < -0.4 is 0 Å². The monoisotopic (exact) mass is 240 g/mol. The van der Waals surface area contributed by atoms with Crippen LogP contribution in [-0.4, -0.2) is 9.97 Å². The third-order valence-corrected chi connectivity index (χ3v) is 3.00. The Hall–Kier alpha value is -0.440. The Morgan fingerprint density at radius 1 is 1.54 bits per heavy atom. The molecular formula is C10H13BrN2. The highest BCUT2D eigenvalue weighted by Crippen LogP contribution is 2.38. The minimum absolute atomic E-state index is 0.662. The van der Waals surface area contributed by atoms with Crippen molar-refractivity contribution in [3.8, 4) is 0 Å². The first-order valence-corrected chi connectivity index (χ1v) is 5.88. The van der Waals surface area contributed by atoms with Crippen LogP contribution in [0.25, 0.3) is 0 Å². The lowest BCUT2D eigenvalue weighted by atomic mass is 10.2. The zero-order valence-electron chi connectivity index (χ0n) is 7.76. The number of rotatable bonds is 3. The maximum absolute atomic E-state index is 4.58. The van der Waals surface area contributed by atoms with Crippen molar-refractivity contribution in [2.45, 2.75) is 37.4 Å². The zero-order valence-corrected chi connectivity index (χ0v) is 9.34. The maximum Gasteiger partial charge on any atom is 0.131 e. The van der Waals surface area contributed by atoms with E-state index in [1.165, 1.54) is 24.1 Å². The van der Waals surface area contributed by atoms with E-state index in [1.807, 2.05) is 6.20 Å². The summed E-state index contributed by atoms with van der Waals surface area (Å²) in [6.07, 6.45) is 5.52. The predicted octanol–water partition coefficient (Wildman–Crippen LogP) is 2.81. The topological polar surface area (TPSA) is 25.8 Å². The normalized spacial score (nSPS) is 16.2. The number of hydrogen-bond acceptors (Lipinski definition) is 2. The molecule has 1 aromatic heterocycles. The van der Waals surface area contributed by atoms with Crippen molar-refractivity contribution < 1.29 is 0 Å². The molecule has 0 N–H and O–H groups in total. The van der Waals surface area contributed by atoms with Gasteiger partial charge in [0, 0.05) is 28.7 Å². The Labute approximate surface area is 86.9 Å². The molecule has 1 fully saturated rings. The number of aryl methyl sites for hydroxylation is 1. The van der Waals surface area contributed by atoms with Crippen LogP contribution >= 0.6 is 15.9 Å². The summed E-state index contributed by atoms with van der Waals surface area (Å²) in [5.41, 5.74) is 2.43. The van der Waals surface area contributed by atoms with Crippen LogP contribution in [0.3, 0.4) is 0 Å². The molecule has 1 aliphatic carbocycles. The minimum atomic E-state index is 0.662.